The van der Waals surface area contributed by atoms with E-state index in [0.29, 0.717) is 37.6 Å². The average molecular weight is 456 g/mol. The van der Waals surface area contributed by atoms with E-state index in [4.69, 9.17) is 14.5 Å². The minimum absolute atomic E-state index is 0.168. The summed E-state index contributed by atoms with van der Waals surface area (Å²) in [6.07, 6.45) is 6.64. The lowest BCUT2D eigenvalue weighted by Gasteiger charge is -2.18. The van der Waals surface area contributed by atoms with Crippen molar-refractivity contribution in [3.05, 3.63) is 42.0 Å². The first-order chi connectivity index (χ1) is 16.0. The molecule has 0 saturated heterocycles. The molecule has 7 heteroatoms. The van der Waals surface area contributed by atoms with Crippen LogP contribution in [-0.4, -0.2) is 44.3 Å². The molecule has 2 rings (SSSR count). The highest BCUT2D eigenvalue weighted by Gasteiger charge is 2.15. The highest BCUT2D eigenvalue weighted by atomic mass is 16.5. The lowest BCUT2D eigenvalue weighted by atomic mass is 10.0. The number of nitrogens with zero attached hydrogens (tertiary/aromatic N) is 2. The van der Waals surface area contributed by atoms with Crippen LogP contribution in [0.15, 0.2) is 36.4 Å². The normalized spacial score (nSPS) is 10.5. The van der Waals surface area contributed by atoms with E-state index in [1.54, 1.807) is 7.05 Å². The zero-order chi connectivity index (χ0) is 24.1. The van der Waals surface area contributed by atoms with Crippen molar-refractivity contribution in [3.8, 4) is 17.0 Å². The Balaban J connectivity index is 2.10. The van der Waals surface area contributed by atoms with Crippen molar-refractivity contribution < 1.29 is 19.1 Å². The molecule has 180 valence electrons. The number of rotatable bonds is 13. The summed E-state index contributed by atoms with van der Waals surface area (Å²) in [5.74, 6) is 1.02. The summed E-state index contributed by atoms with van der Waals surface area (Å²) in [6.45, 7) is 5.28. The third kappa shape index (κ3) is 8.40. The second kappa shape index (κ2) is 14.1. The number of hydrogen-bond acceptors (Lipinski definition) is 5. The minimum Gasteiger partial charge on any atom is -0.493 e. The van der Waals surface area contributed by atoms with Crippen LogP contribution in [0.4, 0.5) is 10.6 Å². The first kappa shape index (κ1) is 26.2. The van der Waals surface area contributed by atoms with Crippen molar-refractivity contribution in [1.29, 1.82) is 0 Å². The van der Waals surface area contributed by atoms with Crippen LogP contribution < -0.4 is 15.0 Å². The number of hydrogen-bond donors (Lipinski definition) is 1. The Morgan fingerprint density at radius 2 is 1.85 bits per heavy atom. The summed E-state index contributed by atoms with van der Waals surface area (Å²) in [5.41, 5.74) is 2.54. The fourth-order valence-corrected chi connectivity index (χ4v) is 3.46. The van der Waals surface area contributed by atoms with E-state index >= 15 is 0 Å². The molecule has 2 amide bonds. The standard InChI is InChI=1S/C26H37N3O4/c1-5-7-8-9-10-18-27-26(31)29(3)24-13-11-12-22(28-24)21-16-14-20(15-17-25(30)32-4)19-23(21)33-6-2/h11-14,16,19H,5-10,15,17-18H2,1-4H3,(H,27,31). The van der Waals surface area contributed by atoms with Gasteiger partial charge in [-0.1, -0.05) is 44.7 Å². The molecule has 0 aliphatic rings. The smallest absolute Gasteiger partial charge is 0.322 e. The molecule has 0 spiro atoms. The van der Waals surface area contributed by atoms with E-state index in [2.05, 4.69) is 12.2 Å². The molecule has 1 N–H and O–H groups in total. The van der Waals surface area contributed by atoms with Gasteiger partial charge in [0.25, 0.3) is 0 Å². The number of aryl methyl sites for hydroxylation is 1. The van der Waals surface area contributed by atoms with Gasteiger partial charge in [-0.2, -0.15) is 0 Å². The molecule has 0 bridgehead atoms. The van der Waals surface area contributed by atoms with Gasteiger partial charge in [-0.3, -0.25) is 9.69 Å². The zero-order valence-electron chi connectivity index (χ0n) is 20.4. The molecular weight excluding hydrogens is 418 g/mol. The predicted octanol–water partition coefficient (Wildman–Crippen LogP) is 5.37. The highest BCUT2D eigenvalue weighted by molar-refractivity contribution is 5.90. The van der Waals surface area contributed by atoms with Crippen LogP contribution in [0.2, 0.25) is 0 Å². The average Bonchev–Trinajstić information content (AvgIpc) is 2.84. The molecule has 33 heavy (non-hydrogen) atoms. The van der Waals surface area contributed by atoms with Gasteiger partial charge >= 0.3 is 12.0 Å². The van der Waals surface area contributed by atoms with Crippen molar-refractivity contribution in [2.24, 2.45) is 0 Å². The molecule has 7 nitrogen and oxygen atoms in total. The van der Waals surface area contributed by atoms with Gasteiger partial charge < -0.3 is 14.8 Å². The second-order valence-electron chi connectivity index (χ2n) is 7.93. The molecule has 0 atom stereocenters. The Morgan fingerprint density at radius 3 is 2.58 bits per heavy atom. The van der Waals surface area contributed by atoms with E-state index in [1.807, 2.05) is 43.3 Å². The molecule has 0 aliphatic heterocycles. The summed E-state index contributed by atoms with van der Waals surface area (Å²) in [5, 5.41) is 2.97. The second-order valence-corrected chi connectivity index (χ2v) is 7.93. The number of carbonyl (C=O) groups excluding carboxylic acids is 2. The number of carbonyl (C=O) groups is 2. The molecule has 1 heterocycles. The van der Waals surface area contributed by atoms with Crippen LogP contribution in [0.5, 0.6) is 5.75 Å². The van der Waals surface area contributed by atoms with E-state index < -0.39 is 0 Å². The Morgan fingerprint density at radius 1 is 1.06 bits per heavy atom. The Hall–Kier alpha value is -3.09. The first-order valence-corrected chi connectivity index (χ1v) is 11.8. The fourth-order valence-electron chi connectivity index (χ4n) is 3.46. The summed E-state index contributed by atoms with van der Waals surface area (Å²) in [6, 6.07) is 11.3. The maximum atomic E-state index is 12.6. The maximum Gasteiger partial charge on any atom is 0.322 e. The monoisotopic (exact) mass is 455 g/mol. The highest BCUT2D eigenvalue weighted by Crippen LogP contribution is 2.31. The molecule has 1 aromatic carbocycles. The van der Waals surface area contributed by atoms with E-state index in [9.17, 15) is 9.59 Å². The van der Waals surface area contributed by atoms with Gasteiger partial charge in [-0.15, -0.1) is 0 Å². The SMILES string of the molecule is CCCCCCCNC(=O)N(C)c1cccc(-c2ccc(CCC(=O)OC)cc2OCC)n1. The minimum atomic E-state index is -0.242. The number of amides is 2. The molecule has 0 fully saturated rings. The van der Waals surface area contributed by atoms with Gasteiger partial charge in [0.05, 0.1) is 19.4 Å². The number of benzene rings is 1. The van der Waals surface area contributed by atoms with Crippen molar-refractivity contribution in [2.45, 2.75) is 58.8 Å². The van der Waals surface area contributed by atoms with Crippen LogP contribution in [-0.2, 0) is 16.0 Å². The number of pyridine rings is 1. The summed E-state index contributed by atoms with van der Waals surface area (Å²) < 4.78 is 10.6. The van der Waals surface area contributed by atoms with E-state index in [-0.39, 0.29) is 12.0 Å². The number of unbranched alkanes of at least 4 members (excludes halogenated alkanes) is 4. The van der Waals surface area contributed by atoms with E-state index in [1.165, 1.54) is 31.3 Å². The third-order valence-electron chi connectivity index (χ3n) is 5.41. The van der Waals surface area contributed by atoms with Crippen LogP contribution in [0, 0.1) is 0 Å². The predicted molar refractivity (Wildman–Crippen MR) is 132 cm³/mol. The molecule has 0 saturated carbocycles. The number of urea groups is 1. The largest absolute Gasteiger partial charge is 0.493 e. The van der Waals surface area contributed by atoms with Crippen molar-refractivity contribution in [2.75, 3.05) is 32.2 Å². The van der Waals surface area contributed by atoms with Crippen molar-refractivity contribution in [3.63, 3.8) is 0 Å². The first-order valence-electron chi connectivity index (χ1n) is 11.8. The van der Waals surface area contributed by atoms with Gasteiger partial charge in [-0.25, -0.2) is 9.78 Å². The molecule has 1 aromatic heterocycles. The lowest BCUT2D eigenvalue weighted by molar-refractivity contribution is -0.140. The quantitative estimate of drug-likeness (QED) is 0.324. The molecule has 0 radical (unpaired) electrons. The summed E-state index contributed by atoms with van der Waals surface area (Å²) >= 11 is 0. The summed E-state index contributed by atoms with van der Waals surface area (Å²) in [4.78, 5) is 30.3. The molecule has 0 aliphatic carbocycles. The number of anilines is 1. The Bertz CT molecular complexity index is 901. The number of esters is 1. The number of methoxy groups -OCH3 is 1. The maximum absolute atomic E-state index is 12.6. The number of nitrogens with one attached hydrogen (secondary N) is 1. The van der Waals surface area contributed by atoms with Crippen LogP contribution in [0.1, 0.15) is 57.9 Å². The fraction of sp³-hybridized carbons (Fsp3) is 0.500. The van der Waals surface area contributed by atoms with Crippen LogP contribution >= 0.6 is 0 Å². The van der Waals surface area contributed by atoms with Gasteiger partial charge in [0.2, 0.25) is 0 Å². The molecule has 0 unspecified atom stereocenters. The Kier molecular flexibility index (Phi) is 11.2. The van der Waals surface area contributed by atoms with Gasteiger partial charge in [0.1, 0.15) is 11.6 Å². The van der Waals surface area contributed by atoms with Crippen LogP contribution in [0.3, 0.4) is 0 Å². The summed E-state index contributed by atoms with van der Waals surface area (Å²) in [7, 11) is 3.11. The van der Waals surface area contributed by atoms with Gasteiger partial charge in [-0.05, 0) is 49.6 Å². The third-order valence-corrected chi connectivity index (χ3v) is 5.41. The molecular formula is C26H37N3O4. The van der Waals surface area contributed by atoms with Crippen LogP contribution in [0.25, 0.3) is 11.3 Å². The number of ether oxygens (including phenoxy) is 2. The lowest BCUT2D eigenvalue weighted by Crippen LogP contribution is -2.38. The Labute approximate surface area is 197 Å². The van der Waals surface area contributed by atoms with Gasteiger partial charge in [0, 0.05) is 25.6 Å². The zero-order valence-corrected chi connectivity index (χ0v) is 20.4. The van der Waals surface area contributed by atoms with Gasteiger partial charge in [0.15, 0.2) is 0 Å². The van der Waals surface area contributed by atoms with Crippen molar-refractivity contribution in [1.82, 2.24) is 10.3 Å². The number of aromatic nitrogens is 1. The molecule has 2 aromatic rings. The van der Waals surface area contributed by atoms with E-state index in [0.717, 1.165) is 29.7 Å². The van der Waals surface area contributed by atoms with Crippen molar-refractivity contribution >= 4 is 17.8 Å². The topological polar surface area (TPSA) is 80.8 Å².